The van der Waals surface area contributed by atoms with E-state index in [1.54, 1.807) is 18.6 Å². The average molecular weight is 499 g/mol. The van der Waals surface area contributed by atoms with Gasteiger partial charge < -0.3 is 15.4 Å². The van der Waals surface area contributed by atoms with E-state index < -0.39 is 23.5 Å². The third-order valence-corrected chi connectivity index (χ3v) is 6.96. The van der Waals surface area contributed by atoms with Gasteiger partial charge in [-0.2, -0.15) is 5.10 Å². The number of aromatic nitrogens is 4. The summed E-state index contributed by atoms with van der Waals surface area (Å²) in [6.07, 6.45) is -1.71. The first-order chi connectivity index (χ1) is 15.6. The van der Waals surface area contributed by atoms with Crippen LogP contribution in [-0.4, -0.2) is 36.5 Å². The first-order valence-electron chi connectivity index (χ1n) is 9.42. The minimum absolute atomic E-state index is 0.0411. The fourth-order valence-electron chi connectivity index (χ4n) is 3.26. The maximum atomic E-state index is 13.1. The third kappa shape index (κ3) is 5.06. The van der Waals surface area contributed by atoms with Crippen LogP contribution in [0.25, 0.3) is 0 Å². The van der Waals surface area contributed by atoms with Crippen molar-refractivity contribution in [1.29, 1.82) is 0 Å². The van der Waals surface area contributed by atoms with Crippen LogP contribution in [-0.2, 0) is 17.9 Å². The van der Waals surface area contributed by atoms with E-state index in [9.17, 15) is 22.8 Å². The number of rotatable bonds is 7. The molecule has 4 rings (SSSR count). The van der Waals surface area contributed by atoms with Crippen molar-refractivity contribution in [3.8, 4) is 5.75 Å². The van der Waals surface area contributed by atoms with Crippen LogP contribution in [0.1, 0.15) is 22.9 Å². The Morgan fingerprint density at radius 1 is 1.24 bits per heavy atom. The SMILES string of the molecule is CC1=C(C(N)=O)SC(n2cnn(Cc3ccc(OC(F)(F)F)cc3)c2=O)N1Cc1cncs1. The number of alkyl halides is 3. The Labute approximate surface area is 193 Å². The van der Waals surface area contributed by atoms with Crippen LogP contribution in [0.4, 0.5) is 13.2 Å². The molecule has 1 amide bonds. The molecule has 2 N–H and O–H groups in total. The number of thiazole rings is 1. The van der Waals surface area contributed by atoms with Gasteiger partial charge >= 0.3 is 12.1 Å². The third-order valence-electron chi connectivity index (χ3n) is 4.77. The second kappa shape index (κ2) is 8.94. The number of ether oxygens (including phenoxy) is 1. The smallest absolute Gasteiger partial charge is 0.406 e. The first-order valence-corrected chi connectivity index (χ1v) is 11.2. The molecule has 1 aromatic carbocycles. The van der Waals surface area contributed by atoms with Crippen molar-refractivity contribution in [1.82, 2.24) is 24.2 Å². The van der Waals surface area contributed by atoms with Crippen LogP contribution in [0.5, 0.6) is 5.75 Å². The molecule has 2 aromatic heterocycles. The summed E-state index contributed by atoms with van der Waals surface area (Å²) in [4.78, 5) is 32.2. The Kier molecular flexibility index (Phi) is 6.21. The monoisotopic (exact) mass is 498 g/mol. The number of thioether (sulfide) groups is 1. The number of halogens is 3. The fraction of sp³-hybridized carbons (Fsp3) is 0.263. The van der Waals surface area contributed by atoms with Crippen molar-refractivity contribution in [2.24, 2.45) is 5.73 Å². The number of primary amides is 1. The van der Waals surface area contributed by atoms with Crippen molar-refractivity contribution < 1.29 is 22.7 Å². The van der Waals surface area contributed by atoms with Gasteiger partial charge in [0, 0.05) is 16.8 Å². The zero-order chi connectivity index (χ0) is 23.8. The zero-order valence-electron chi connectivity index (χ0n) is 17.0. The number of hydrogen-bond acceptors (Lipinski definition) is 8. The molecule has 3 heterocycles. The van der Waals surface area contributed by atoms with Crippen LogP contribution >= 0.6 is 23.1 Å². The first kappa shape index (κ1) is 22.9. The molecule has 174 valence electrons. The Balaban J connectivity index is 1.56. The van der Waals surface area contributed by atoms with E-state index in [1.807, 2.05) is 4.90 Å². The van der Waals surface area contributed by atoms with Gasteiger partial charge in [-0.1, -0.05) is 23.9 Å². The van der Waals surface area contributed by atoms with Gasteiger partial charge in [-0.25, -0.2) is 9.48 Å². The van der Waals surface area contributed by atoms with Crippen molar-refractivity contribution >= 4 is 29.0 Å². The highest BCUT2D eigenvalue weighted by atomic mass is 32.2. The highest BCUT2D eigenvalue weighted by Gasteiger charge is 2.35. The molecule has 0 aliphatic carbocycles. The number of hydrogen-bond donors (Lipinski definition) is 1. The summed E-state index contributed by atoms with van der Waals surface area (Å²) in [5, 5.41) is 4.14. The van der Waals surface area contributed by atoms with Crippen LogP contribution in [0.2, 0.25) is 0 Å². The summed E-state index contributed by atoms with van der Waals surface area (Å²) in [7, 11) is 0. The molecular weight excluding hydrogens is 481 g/mol. The lowest BCUT2D eigenvalue weighted by molar-refractivity contribution is -0.274. The maximum Gasteiger partial charge on any atom is 0.573 e. The Morgan fingerprint density at radius 3 is 2.58 bits per heavy atom. The van der Waals surface area contributed by atoms with Gasteiger partial charge in [0.25, 0.3) is 5.91 Å². The molecule has 1 aliphatic rings. The van der Waals surface area contributed by atoms with E-state index in [2.05, 4.69) is 14.8 Å². The molecule has 0 saturated heterocycles. The standard InChI is InChI=1S/C19H17F3N6O3S2/c1-11-15(16(23)29)33-18(26(11)8-14-6-24-10-32-14)27-9-25-28(17(27)30)7-12-2-4-13(5-3-12)31-19(20,21)22/h2-6,9-10,18H,7-8H2,1H3,(H2,23,29). The van der Waals surface area contributed by atoms with Gasteiger partial charge in [-0.3, -0.25) is 14.3 Å². The minimum atomic E-state index is -4.78. The van der Waals surface area contributed by atoms with Gasteiger partial charge in [0.15, 0.2) is 5.50 Å². The zero-order valence-corrected chi connectivity index (χ0v) is 18.7. The van der Waals surface area contributed by atoms with Crippen molar-refractivity contribution in [3.63, 3.8) is 0 Å². The highest BCUT2D eigenvalue weighted by Crippen LogP contribution is 2.44. The van der Waals surface area contributed by atoms with Crippen LogP contribution < -0.4 is 16.2 Å². The molecule has 1 unspecified atom stereocenters. The van der Waals surface area contributed by atoms with Gasteiger partial charge in [-0.15, -0.1) is 24.5 Å². The van der Waals surface area contributed by atoms with Crippen molar-refractivity contribution in [2.75, 3.05) is 0 Å². The van der Waals surface area contributed by atoms with Crippen LogP contribution in [0, 0.1) is 0 Å². The van der Waals surface area contributed by atoms with E-state index in [1.165, 1.54) is 51.2 Å². The molecule has 0 spiro atoms. The summed E-state index contributed by atoms with van der Waals surface area (Å²) < 4.78 is 43.4. The number of amides is 1. The number of carbonyl (C=O) groups excluding carboxylic acids is 1. The molecule has 9 nitrogen and oxygen atoms in total. The van der Waals surface area contributed by atoms with Crippen molar-refractivity contribution in [3.05, 3.63) is 73.8 Å². The normalized spacial score (nSPS) is 16.5. The molecular formula is C19H17F3N6O3S2. The highest BCUT2D eigenvalue weighted by molar-refractivity contribution is 8.04. The summed E-state index contributed by atoms with van der Waals surface area (Å²) in [5.41, 5.74) is 7.38. The van der Waals surface area contributed by atoms with Crippen molar-refractivity contribution in [2.45, 2.75) is 31.9 Å². The topological polar surface area (TPSA) is 108 Å². The predicted molar refractivity (Wildman–Crippen MR) is 115 cm³/mol. The lowest BCUT2D eigenvalue weighted by Crippen LogP contribution is -2.33. The number of allylic oxidation sites excluding steroid dienone is 1. The van der Waals surface area contributed by atoms with Gasteiger partial charge in [0.2, 0.25) is 0 Å². The quantitative estimate of drug-likeness (QED) is 0.534. The average Bonchev–Trinajstić information content (AvgIpc) is 3.45. The molecule has 0 fully saturated rings. The Morgan fingerprint density at radius 2 is 1.97 bits per heavy atom. The summed E-state index contributed by atoms with van der Waals surface area (Å²) in [6.45, 7) is 2.22. The Hall–Kier alpha value is -3.26. The molecule has 0 radical (unpaired) electrons. The number of benzene rings is 1. The molecule has 14 heteroatoms. The van der Waals surface area contributed by atoms with E-state index in [4.69, 9.17) is 5.73 Å². The maximum absolute atomic E-state index is 13.1. The second-order valence-electron chi connectivity index (χ2n) is 6.99. The molecule has 3 aromatic rings. The van der Waals surface area contributed by atoms with E-state index in [-0.39, 0.29) is 12.3 Å². The summed E-state index contributed by atoms with van der Waals surface area (Å²) in [5.74, 6) is -0.943. The predicted octanol–water partition coefficient (Wildman–Crippen LogP) is 2.87. The molecule has 0 bridgehead atoms. The minimum Gasteiger partial charge on any atom is -0.406 e. The second-order valence-corrected chi connectivity index (χ2v) is 9.03. The van der Waals surface area contributed by atoms with Gasteiger partial charge in [0.1, 0.15) is 12.1 Å². The number of carbonyl (C=O) groups is 1. The van der Waals surface area contributed by atoms with E-state index in [0.29, 0.717) is 22.7 Å². The molecule has 1 atom stereocenters. The van der Waals surface area contributed by atoms with Crippen LogP contribution in [0.3, 0.4) is 0 Å². The molecule has 1 aliphatic heterocycles. The molecule has 33 heavy (non-hydrogen) atoms. The Bertz CT molecular complexity index is 1230. The summed E-state index contributed by atoms with van der Waals surface area (Å²) >= 11 is 2.60. The lowest BCUT2D eigenvalue weighted by Gasteiger charge is -2.26. The van der Waals surface area contributed by atoms with Crippen LogP contribution in [0.15, 0.2) is 57.7 Å². The fourth-order valence-corrected chi connectivity index (χ4v) is 5.08. The van der Waals surface area contributed by atoms with E-state index in [0.717, 1.165) is 16.6 Å². The van der Waals surface area contributed by atoms with E-state index >= 15 is 0 Å². The number of nitrogens with zero attached hydrogens (tertiary/aromatic N) is 5. The van der Waals surface area contributed by atoms with Gasteiger partial charge in [0.05, 0.1) is 23.5 Å². The number of nitrogens with two attached hydrogens (primary N) is 1. The largest absolute Gasteiger partial charge is 0.573 e. The summed E-state index contributed by atoms with van der Waals surface area (Å²) in [6, 6.07) is 5.18. The lowest BCUT2D eigenvalue weighted by atomic mass is 10.2. The molecule has 0 saturated carbocycles. The van der Waals surface area contributed by atoms with Gasteiger partial charge in [-0.05, 0) is 24.6 Å².